The van der Waals surface area contributed by atoms with E-state index in [1.807, 2.05) is 44.3 Å². The van der Waals surface area contributed by atoms with Crippen molar-refractivity contribution in [2.45, 2.75) is 25.8 Å². The second-order valence-corrected chi connectivity index (χ2v) is 9.10. The molecule has 0 radical (unpaired) electrons. The van der Waals surface area contributed by atoms with E-state index in [2.05, 4.69) is 41.9 Å². The zero-order valence-electron chi connectivity index (χ0n) is 19.6. The van der Waals surface area contributed by atoms with Crippen LogP contribution in [0.25, 0.3) is 28.1 Å². The van der Waals surface area contributed by atoms with Gasteiger partial charge >= 0.3 is 0 Å². The van der Waals surface area contributed by atoms with Crippen molar-refractivity contribution in [3.8, 4) is 28.1 Å². The van der Waals surface area contributed by atoms with E-state index in [1.54, 1.807) is 27.8 Å². The number of hydrogen-bond donors (Lipinski definition) is 2. The summed E-state index contributed by atoms with van der Waals surface area (Å²) >= 11 is 6.49. The maximum absolute atomic E-state index is 13.4. The molecule has 1 aromatic carbocycles. The highest BCUT2D eigenvalue weighted by atomic mass is 35.5. The van der Waals surface area contributed by atoms with E-state index in [0.29, 0.717) is 16.7 Å². The van der Waals surface area contributed by atoms with Crippen LogP contribution in [0, 0.1) is 6.92 Å². The molecule has 1 aliphatic heterocycles. The Hall–Kier alpha value is -4.31. The van der Waals surface area contributed by atoms with Crippen LogP contribution in [0.3, 0.4) is 0 Å². The van der Waals surface area contributed by atoms with Crippen LogP contribution in [0.15, 0.2) is 59.8 Å². The van der Waals surface area contributed by atoms with E-state index in [-0.39, 0.29) is 11.6 Å². The summed E-state index contributed by atoms with van der Waals surface area (Å²) in [5.74, 6) is 1.42. The molecular weight excluding hydrogens is 478 g/mol. The first kappa shape index (κ1) is 22.2. The van der Waals surface area contributed by atoms with Gasteiger partial charge in [-0.15, -0.1) is 5.10 Å². The zero-order chi connectivity index (χ0) is 24.8. The maximum Gasteiger partial charge on any atom is 0.252 e. The molecule has 0 unspecified atom stereocenters. The van der Waals surface area contributed by atoms with Crippen molar-refractivity contribution in [2.75, 3.05) is 12.4 Å². The number of hydrogen-bond acceptors (Lipinski definition) is 7. The molecule has 180 valence electrons. The Morgan fingerprint density at radius 1 is 1.14 bits per heavy atom. The Balaban J connectivity index is 1.39. The summed E-state index contributed by atoms with van der Waals surface area (Å²) < 4.78 is 3.41. The van der Waals surface area contributed by atoms with Gasteiger partial charge in [0.1, 0.15) is 18.0 Å². The molecular formula is C25H22ClN9O. The van der Waals surface area contributed by atoms with E-state index in [1.165, 1.54) is 0 Å². The number of halogens is 1. The van der Waals surface area contributed by atoms with Gasteiger partial charge in [0.25, 0.3) is 5.56 Å². The number of benzene rings is 1. The number of aryl methyl sites for hydroxylation is 2. The van der Waals surface area contributed by atoms with Gasteiger partial charge in [0, 0.05) is 36.1 Å². The van der Waals surface area contributed by atoms with Gasteiger partial charge in [-0.1, -0.05) is 23.2 Å². The first-order valence-electron chi connectivity index (χ1n) is 11.5. The third-order valence-electron chi connectivity index (χ3n) is 6.49. The van der Waals surface area contributed by atoms with Gasteiger partial charge in [0.05, 0.1) is 17.4 Å². The van der Waals surface area contributed by atoms with Gasteiger partial charge in [-0.2, -0.15) is 4.68 Å². The van der Waals surface area contributed by atoms with Crippen LogP contribution in [0.5, 0.6) is 0 Å². The third kappa shape index (κ3) is 3.75. The van der Waals surface area contributed by atoms with Gasteiger partial charge in [0.2, 0.25) is 0 Å². The van der Waals surface area contributed by atoms with Crippen molar-refractivity contribution in [1.82, 2.24) is 39.7 Å². The average molecular weight is 500 g/mol. The number of pyridine rings is 2. The second-order valence-electron chi connectivity index (χ2n) is 8.74. The molecule has 1 aliphatic rings. The number of anilines is 1. The molecule has 4 aromatic heterocycles. The summed E-state index contributed by atoms with van der Waals surface area (Å²) in [5, 5.41) is 14.9. The van der Waals surface area contributed by atoms with E-state index in [4.69, 9.17) is 11.6 Å². The molecule has 0 saturated carbocycles. The quantitative estimate of drug-likeness (QED) is 0.377. The van der Waals surface area contributed by atoms with E-state index >= 15 is 0 Å². The number of aromatic amines is 1. The van der Waals surface area contributed by atoms with Crippen LogP contribution in [-0.2, 0) is 6.42 Å². The normalized spacial score (nSPS) is 14.7. The number of nitrogens with one attached hydrogen (secondary N) is 2. The molecule has 0 bridgehead atoms. The van der Waals surface area contributed by atoms with E-state index in [9.17, 15) is 4.79 Å². The Labute approximate surface area is 211 Å². The van der Waals surface area contributed by atoms with Crippen molar-refractivity contribution in [3.63, 3.8) is 0 Å². The summed E-state index contributed by atoms with van der Waals surface area (Å²) in [6, 6.07) is 13.3. The number of H-pyrrole nitrogens is 1. The van der Waals surface area contributed by atoms with Gasteiger partial charge in [-0.05, 0) is 66.1 Å². The number of tetrazole rings is 1. The van der Waals surface area contributed by atoms with Crippen molar-refractivity contribution in [2.24, 2.45) is 0 Å². The summed E-state index contributed by atoms with van der Waals surface area (Å²) in [7, 11) is 1.82. The molecule has 0 spiro atoms. The molecule has 1 atom stereocenters. The number of fused-ring (bicyclic) bond motifs is 1. The first-order chi connectivity index (χ1) is 17.5. The highest BCUT2D eigenvalue weighted by molar-refractivity contribution is 6.31. The maximum atomic E-state index is 13.4. The summed E-state index contributed by atoms with van der Waals surface area (Å²) in [5.41, 5.74) is 5.98. The monoisotopic (exact) mass is 499 g/mol. The molecule has 0 saturated heterocycles. The molecule has 0 aliphatic carbocycles. The highest BCUT2D eigenvalue weighted by Gasteiger charge is 2.29. The van der Waals surface area contributed by atoms with E-state index in [0.717, 1.165) is 52.3 Å². The molecule has 11 heteroatoms. The largest absolute Gasteiger partial charge is 0.373 e. The predicted octanol–water partition coefficient (Wildman–Crippen LogP) is 3.82. The van der Waals surface area contributed by atoms with E-state index < -0.39 is 0 Å². The number of rotatable bonds is 5. The van der Waals surface area contributed by atoms with Crippen LogP contribution in [0.2, 0.25) is 5.15 Å². The number of imidazole rings is 1. The van der Waals surface area contributed by atoms with Crippen LogP contribution in [0.4, 0.5) is 5.82 Å². The fourth-order valence-corrected chi connectivity index (χ4v) is 5.02. The first-order valence-corrected chi connectivity index (χ1v) is 11.9. The fourth-order valence-electron chi connectivity index (χ4n) is 4.77. The Kier molecular flexibility index (Phi) is 5.37. The van der Waals surface area contributed by atoms with Gasteiger partial charge in [-0.3, -0.25) is 4.79 Å². The number of nitrogens with zero attached hydrogens (tertiary/aromatic N) is 7. The topological polar surface area (TPSA) is 119 Å². The van der Waals surface area contributed by atoms with Crippen molar-refractivity contribution >= 4 is 17.4 Å². The van der Waals surface area contributed by atoms with Gasteiger partial charge in [-0.25, -0.2) is 9.97 Å². The lowest BCUT2D eigenvalue weighted by Gasteiger charge is -2.15. The molecule has 36 heavy (non-hydrogen) atoms. The minimum absolute atomic E-state index is 0.0942. The predicted molar refractivity (Wildman–Crippen MR) is 136 cm³/mol. The summed E-state index contributed by atoms with van der Waals surface area (Å²) in [6.07, 6.45) is 4.77. The molecule has 0 amide bonds. The van der Waals surface area contributed by atoms with Gasteiger partial charge < -0.3 is 14.9 Å². The van der Waals surface area contributed by atoms with Crippen LogP contribution in [0.1, 0.15) is 29.5 Å². The SMILES string of the molecule is CNc1ccc(-c2[nH]c([C@@H]3CCc4cc(-c5cc(C)ccc5-n5cnnn5)cc(=O)n43)nc2Cl)cn1. The molecule has 5 heterocycles. The third-order valence-corrected chi connectivity index (χ3v) is 6.77. The Bertz CT molecular complexity index is 1620. The van der Waals surface area contributed by atoms with Crippen LogP contribution < -0.4 is 10.9 Å². The minimum atomic E-state index is -0.228. The molecule has 0 fully saturated rings. The fraction of sp³-hybridized carbons (Fsp3) is 0.200. The number of aromatic nitrogens is 8. The van der Waals surface area contributed by atoms with Crippen molar-refractivity contribution < 1.29 is 0 Å². The Morgan fingerprint density at radius 3 is 2.78 bits per heavy atom. The van der Waals surface area contributed by atoms with Crippen molar-refractivity contribution in [3.05, 3.63) is 87.6 Å². The molecule has 6 rings (SSSR count). The van der Waals surface area contributed by atoms with Crippen LogP contribution >= 0.6 is 11.6 Å². The lowest BCUT2D eigenvalue weighted by molar-refractivity contribution is 0.572. The molecule has 5 aromatic rings. The lowest BCUT2D eigenvalue weighted by Crippen LogP contribution is -2.24. The lowest BCUT2D eigenvalue weighted by atomic mass is 10.0. The molecule has 10 nitrogen and oxygen atoms in total. The van der Waals surface area contributed by atoms with Crippen molar-refractivity contribution in [1.29, 1.82) is 0 Å². The smallest absolute Gasteiger partial charge is 0.252 e. The zero-order valence-corrected chi connectivity index (χ0v) is 20.4. The minimum Gasteiger partial charge on any atom is -0.373 e. The Morgan fingerprint density at radius 2 is 2.03 bits per heavy atom. The summed E-state index contributed by atoms with van der Waals surface area (Å²) in [4.78, 5) is 25.7. The summed E-state index contributed by atoms with van der Waals surface area (Å²) in [6.45, 7) is 2.02. The second kappa shape index (κ2) is 8.72. The average Bonchev–Trinajstić information content (AvgIpc) is 3.64. The standard InChI is InChI=1S/C25H22ClN9O/c1-14-3-6-19(34-13-29-32-33-34)18(9-14)16-10-17-5-7-20(35(17)22(36)11-16)25-30-23(24(26)31-25)15-4-8-21(27-2)28-12-15/h3-4,6,8-13,20H,5,7H2,1-2H3,(H,27,28)(H,30,31)/t20-/m0/s1. The highest BCUT2D eigenvalue weighted by Crippen LogP contribution is 2.35. The van der Waals surface area contributed by atoms with Crippen LogP contribution in [-0.4, -0.2) is 46.8 Å². The van der Waals surface area contributed by atoms with Gasteiger partial charge in [0.15, 0.2) is 5.15 Å². The molecule has 2 N–H and O–H groups in total.